The van der Waals surface area contributed by atoms with Crippen molar-refractivity contribution in [3.8, 4) is 11.4 Å². The van der Waals surface area contributed by atoms with Crippen molar-refractivity contribution in [2.75, 3.05) is 0 Å². The summed E-state index contributed by atoms with van der Waals surface area (Å²) >= 11 is 0. The van der Waals surface area contributed by atoms with Crippen molar-refractivity contribution in [1.29, 1.82) is 0 Å². The van der Waals surface area contributed by atoms with Crippen LogP contribution in [0.3, 0.4) is 0 Å². The van der Waals surface area contributed by atoms with Gasteiger partial charge in [-0.1, -0.05) is 6.42 Å². The third-order valence-electron chi connectivity index (χ3n) is 4.70. The number of non-ortho nitro benzene ring substituents is 1. The van der Waals surface area contributed by atoms with Gasteiger partial charge in [0.05, 0.1) is 10.6 Å². The molecule has 27 heavy (non-hydrogen) atoms. The molecule has 0 N–H and O–H groups in total. The number of aliphatic imine (C=N–C) groups is 1. The molecule has 7 heteroatoms. The molecule has 0 bridgehead atoms. The highest BCUT2D eigenvalue weighted by molar-refractivity contribution is 5.82. The largest absolute Gasteiger partial charge is 0.311 e. The minimum Gasteiger partial charge on any atom is -0.311 e. The number of aromatic nitrogens is 3. The van der Waals surface area contributed by atoms with E-state index < -0.39 is 4.92 Å². The molecule has 2 heterocycles. The molecule has 1 aromatic heterocycles. The van der Waals surface area contributed by atoms with Gasteiger partial charge in [0.1, 0.15) is 5.82 Å². The normalized spacial score (nSPS) is 14.1. The molecule has 0 unspecified atom stereocenters. The first-order chi connectivity index (χ1) is 13.2. The molecular formula is C20H19N5O2. The third kappa shape index (κ3) is 3.76. The van der Waals surface area contributed by atoms with Crippen LogP contribution in [0.4, 0.5) is 11.4 Å². The second kappa shape index (κ2) is 7.49. The van der Waals surface area contributed by atoms with Crippen LogP contribution in [0.1, 0.15) is 30.7 Å². The summed E-state index contributed by atoms with van der Waals surface area (Å²) in [5.41, 5.74) is 2.73. The Bertz CT molecular complexity index is 975. The zero-order valence-corrected chi connectivity index (χ0v) is 14.8. The first-order valence-corrected chi connectivity index (χ1v) is 9.02. The lowest BCUT2D eigenvalue weighted by Crippen LogP contribution is -2.02. The minimum atomic E-state index is -0.412. The van der Waals surface area contributed by atoms with Gasteiger partial charge < -0.3 is 4.57 Å². The quantitative estimate of drug-likeness (QED) is 0.393. The number of benzene rings is 2. The van der Waals surface area contributed by atoms with Gasteiger partial charge in [-0.2, -0.15) is 0 Å². The van der Waals surface area contributed by atoms with Crippen LogP contribution in [0.5, 0.6) is 0 Å². The van der Waals surface area contributed by atoms with Crippen molar-refractivity contribution in [3.63, 3.8) is 0 Å². The molecule has 0 amide bonds. The maximum absolute atomic E-state index is 10.7. The second-order valence-corrected chi connectivity index (χ2v) is 6.56. The van der Waals surface area contributed by atoms with E-state index in [0.717, 1.165) is 47.8 Å². The van der Waals surface area contributed by atoms with Gasteiger partial charge in [-0.05, 0) is 54.8 Å². The summed E-state index contributed by atoms with van der Waals surface area (Å²) in [7, 11) is 0. The summed E-state index contributed by atoms with van der Waals surface area (Å²) in [6.07, 6.45) is 6.26. The number of fused-ring (bicyclic) bond motifs is 1. The number of aryl methyl sites for hydroxylation is 1. The van der Waals surface area contributed by atoms with Crippen LogP contribution in [-0.2, 0) is 13.0 Å². The predicted octanol–water partition coefficient (Wildman–Crippen LogP) is 4.33. The van der Waals surface area contributed by atoms with Crippen molar-refractivity contribution >= 4 is 17.6 Å². The summed E-state index contributed by atoms with van der Waals surface area (Å²) in [4.78, 5) is 14.7. The molecule has 0 radical (unpaired) electrons. The maximum atomic E-state index is 10.7. The van der Waals surface area contributed by atoms with E-state index in [1.165, 1.54) is 25.0 Å². The topological polar surface area (TPSA) is 86.2 Å². The number of nitro benzene ring substituents is 1. The van der Waals surface area contributed by atoms with Crippen molar-refractivity contribution < 1.29 is 4.92 Å². The van der Waals surface area contributed by atoms with Crippen LogP contribution >= 0.6 is 0 Å². The predicted molar refractivity (Wildman–Crippen MR) is 103 cm³/mol. The Morgan fingerprint density at radius 1 is 1.00 bits per heavy atom. The Labute approximate surface area is 156 Å². The zero-order valence-electron chi connectivity index (χ0n) is 14.8. The molecule has 0 atom stereocenters. The first kappa shape index (κ1) is 17.1. The molecule has 0 saturated carbocycles. The second-order valence-electron chi connectivity index (χ2n) is 6.56. The fraction of sp³-hybridized carbons (Fsp3) is 0.250. The highest BCUT2D eigenvalue weighted by Gasteiger charge is 2.15. The fourth-order valence-electron chi connectivity index (χ4n) is 3.23. The maximum Gasteiger partial charge on any atom is 0.269 e. The lowest BCUT2D eigenvalue weighted by molar-refractivity contribution is -0.384. The van der Waals surface area contributed by atoms with E-state index in [1.807, 2.05) is 24.3 Å². The fourth-order valence-corrected chi connectivity index (χ4v) is 3.23. The van der Waals surface area contributed by atoms with Gasteiger partial charge in [0, 0.05) is 36.9 Å². The number of rotatable bonds is 4. The van der Waals surface area contributed by atoms with Gasteiger partial charge in [-0.15, -0.1) is 10.2 Å². The van der Waals surface area contributed by atoms with Crippen LogP contribution in [-0.4, -0.2) is 25.9 Å². The van der Waals surface area contributed by atoms with Crippen LogP contribution in [0.15, 0.2) is 53.5 Å². The Balaban J connectivity index is 1.51. The van der Waals surface area contributed by atoms with Gasteiger partial charge in [-0.25, -0.2) is 0 Å². The summed E-state index contributed by atoms with van der Waals surface area (Å²) in [5.74, 6) is 1.99. The van der Waals surface area contributed by atoms with E-state index in [9.17, 15) is 10.1 Å². The Morgan fingerprint density at radius 2 is 1.78 bits per heavy atom. The summed E-state index contributed by atoms with van der Waals surface area (Å²) < 4.78 is 2.22. The smallest absolute Gasteiger partial charge is 0.269 e. The van der Waals surface area contributed by atoms with Crippen molar-refractivity contribution in [2.24, 2.45) is 4.99 Å². The highest BCUT2D eigenvalue weighted by Crippen LogP contribution is 2.24. The number of nitrogens with zero attached hydrogens (tertiary/aromatic N) is 5. The minimum absolute atomic E-state index is 0.0731. The molecule has 0 aliphatic carbocycles. The van der Waals surface area contributed by atoms with Gasteiger partial charge in [0.15, 0.2) is 5.82 Å². The van der Waals surface area contributed by atoms with Gasteiger partial charge in [0.2, 0.25) is 0 Å². The van der Waals surface area contributed by atoms with E-state index in [1.54, 1.807) is 18.3 Å². The summed E-state index contributed by atoms with van der Waals surface area (Å²) in [6, 6.07) is 14.2. The van der Waals surface area contributed by atoms with Crippen LogP contribution in [0.25, 0.3) is 11.4 Å². The lowest BCUT2D eigenvalue weighted by Gasteiger charge is -2.07. The summed E-state index contributed by atoms with van der Waals surface area (Å²) in [6.45, 7) is 0.970. The molecule has 0 saturated heterocycles. The van der Waals surface area contributed by atoms with Crippen LogP contribution in [0.2, 0.25) is 0 Å². The third-order valence-corrected chi connectivity index (χ3v) is 4.70. The van der Waals surface area contributed by atoms with Crippen LogP contribution in [0, 0.1) is 10.1 Å². The van der Waals surface area contributed by atoms with Gasteiger partial charge in [0.25, 0.3) is 5.69 Å². The molecule has 2 aromatic carbocycles. The average molecular weight is 361 g/mol. The molecule has 3 aromatic rings. The number of nitro groups is 1. The monoisotopic (exact) mass is 361 g/mol. The molecule has 0 fully saturated rings. The highest BCUT2D eigenvalue weighted by atomic mass is 16.6. The molecule has 0 spiro atoms. The Kier molecular flexibility index (Phi) is 4.74. The molecular weight excluding hydrogens is 342 g/mol. The van der Waals surface area contributed by atoms with E-state index in [-0.39, 0.29) is 5.69 Å². The lowest BCUT2D eigenvalue weighted by atomic mass is 10.2. The van der Waals surface area contributed by atoms with E-state index in [0.29, 0.717) is 0 Å². The molecule has 7 nitrogen and oxygen atoms in total. The van der Waals surface area contributed by atoms with E-state index >= 15 is 0 Å². The Hall–Kier alpha value is -3.35. The van der Waals surface area contributed by atoms with Crippen molar-refractivity contribution in [1.82, 2.24) is 14.8 Å². The molecule has 4 rings (SSSR count). The first-order valence-electron chi connectivity index (χ1n) is 9.02. The molecule has 136 valence electrons. The Morgan fingerprint density at radius 3 is 2.52 bits per heavy atom. The van der Waals surface area contributed by atoms with Gasteiger partial charge >= 0.3 is 0 Å². The molecule has 1 aliphatic heterocycles. The summed E-state index contributed by atoms with van der Waals surface area (Å²) in [5, 5.41) is 19.4. The van der Waals surface area contributed by atoms with Crippen LogP contribution < -0.4 is 0 Å². The number of hydrogen-bond donors (Lipinski definition) is 0. The SMILES string of the molecule is O=[N+]([O-])c1ccc(C=Nc2ccc(-c3nnc4n3CCCCC4)cc2)cc1. The average Bonchev–Trinajstić information content (AvgIpc) is 2.95. The van der Waals surface area contributed by atoms with Gasteiger partial charge in [-0.3, -0.25) is 15.1 Å². The van der Waals surface area contributed by atoms with Crippen molar-refractivity contribution in [2.45, 2.75) is 32.2 Å². The standard InChI is InChI=1S/C20H19N5O2/c26-25(27)18-11-5-15(6-12-18)14-21-17-9-7-16(8-10-17)20-23-22-19-4-2-1-3-13-24(19)20/h5-12,14H,1-4,13H2. The van der Waals surface area contributed by atoms with E-state index in [4.69, 9.17) is 0 Å². The zero-order chi connectivity index (χ0) is 18.6. The molecule has 1 aliphatic rings. The van der Waals surface area contributed by atoms with E-state index in [2.05, 4.69) is 19.8 Å². The van der Waals surface area contributed by atoms with Crippen molar-refractivity contribution in [3.05, 3.63) is 70.0 Å². The number of hydrogen-bond acceptors (Lipinski definition) is 5.